The molecule has 0 saturated heterocycles. The van der Waals surface area contributed by atoms with Crippen molar-refractivity contribution in [3.05, 3.63) is 235 Å². The predicted molar refractivity (Wildman–Crippen MR) is 314 cm³/mol. The third kappa shape index (κ3) is 11.1. The van der Waals surface area contributed by atoms with Gasteiger partial charge in [-0.25, -0.2) is 0 Å². The van der Waals surface area contributed by atoms with Crippen molar-refractivity contribution in [3.63, 3.8) is 0 Å². The standard InChI is InChI=1S/C33H33BrO2.C25H17BrO2.C8H17Br/c1-3-5-8-23(4-2)22-36-28-18-13-25(14-19-28)33(24-11-16-27(35)17-12-24)31-10-7-6-9-29(31)30-20-15-26(34)21-32(30)33;26-18-9-14-22-21-3-1-2-4-23(21)25(24(22)15-18,16-5-10-19(27)11-6-16)17-7-12-20(28)13-8-17;1-3-5-6-8(4-2)7-9/h6-7,9-21,23,35H,3-5,8,22H2,1-2H3;1-15,27-28H;8H,3-7H2,1-2H3. The summed E-state index contributed by atoms with van der Waals surface area (Å²) in [5.41, 5.74) is 13.2. The van der Waals surface area contributed by atoms with Gasteiger partial charge in [0.05, 0.1) is 17.4 Å². The molecule has 0 aliphatic heterocycles. The Labute approximate surface area is 458 Å². The number of halogens is 3. The monoisotopic (exact) mass is 1160 g/mol. The van der Waals surface area contributed by atoms with Gasteiger partial charge in [0, 0.05) is 14.3 Å². The van der Waals surface area contributed by atoms with Gasteiger partial charge in [-0.2, -0.15) is 0 Å². The largest absolute Gasteiger partial charge is 0.508 e. The molecule has 0 spiro atoms. The summed E-state index contributed by atoms with van der Waals surface area (Å²) in [5, 5.41) is 31.0. The van der Waals surface area contributed by atoms with Crippen LogP contribution >= 0.6 is 47.8 Å². The quantitative estimate of drug-likeness (QED) is 0.0843. The Morgan fingerprint density at radius 1 is 0.425 bits per heavy atom. The number of rotatable bonds is 16. The molecule has 0 aromatic heterocycles. The van der Waals surface area contributed by atoms with Crippen LogP contribution in [0.1, 0.15) is 124 Å². The summed E-state index contributed by atoms with van der Waals surface area (Å²) in [7, 11) is 0. The number of hydrogen-bond donors (Lipinski definition) is 3. The zero-order chi connectivity index (χ0) is 51.5. The summed E-state index contributed by atoms with van der Waals surface area (Å²) >= 11 is 10.9. The van der Waals surface area contributed by atoms with E-state index in [9.17, 15) is 15.3 Å². The van der Waals surface area contributed by atoms with E-state index in [2.05, 4.69) is 185 Å². The van der Waals surface area contributed by atoms with Gasteiger partial charge >= 0.3 is 0 Å². The number of unbranched alkanes of at least 4 members (excludes halogenated alkanes) is 2. The molecule has 0 heterocycles. The molecule has 2 aliphatic rings. The van der Waals surface area contributed by atoms with Gasteiger partial charge in [-0.1, -0.05) is 223 Å². The Morgan fingerprint density at radius 2 is 0.781 bits per heavy atom. The topological polar surface area (TPSA) is 69.9 Å². The average molecular weight is 1160 g/mol. The SMILES string of the molecule is CCCCC(CC)CBr.CCCCC(CC)COc1ccc(C2(c3ccc(O)cc3)c3ccccc3-c3ccc(Br)cc32)cc1.Oc1ccc(C2(c3ccc(O)cc3)c3ccccc3-c3ccc(Br)cc32)cc1. The average Bonchev–Trinajstić information content (AvgIpc) is 3.87. The molecule has 0 radical (unpaired) electrons. The Balaban J connectivity index is 0.000000170. The van der Waals surface area contributed by atoms with Crippen molar-refractivity contribution >= 4 is 47.8 Å². The van der Waals surface area contributed by atoms with E-state index >= 15 is 0 Å². The molecule has 0 amide bonds. The first-order valence-corrected chi connectivity index (χ1v) is 28.7. The maximum Gasteiger partial charge on any atom is 0.119 e. The number of phenolic OH excluding ortho intramolecular Hbond substituents is 3. The van der Waals surface area contributed by atoms with E-state index in [4.69, 9.17) is 4.74 Å². The molecular weight excluding hydrogens is 1100 g/mol. The summed E-state index contributed by atoms with van der Waals surface area (Å²) in [4.78, 5) is 0. The lowest BCUT2D eigenvalue weighted by Gasteiger charge is -2.34. The minimum absolute atomic E-state index is 0.241. The number of phenols is 3. The van der Waals surface area contributed by atoms with Gasteiger partial charge in [-0.3, -0.25) is 0 Å². The second-order valence-electron chi connectivity index (χ2n) is 19.4. The van der Waals surface area contributed by atoms with Gasteiger partial charge in [0.2, 0.25) is 0 Å². The van der Waals surface area contributed by atoms with Crippen LogP contribution in [0.2, 0.25) is 0 Å². The first-order chi connectivity index (χ1) is 35.5. The number of aromatic hydroxyl groups is 3. The molecule has 3 N–H and O–H groups in total. The zero-order valence-electron chi connectivity index (χ0n) is 42.4. The molecule has 4 nitrogen and oxygen atoms in total. The van der Waals surface area contributed by atoms with Crippen molar-refractivity contribution in [2.24, 2.45) is 11.8 Å². The number of alkyl halides is 1. The molecule has 2 aliphatic carbocycles. The lowest BCUT2D eigenvalue weighted by atomic mass is 9.68. The smallest absolute Gasteiger partial charge is 0.119 e. The molecule has 8 aromatic rings. The number of benzene rings is 8. The van der Waals surface area contributed by atoms with Crippen LogP contribution in [0.5, 0.6) is 23.0 Å². The fourth-order valence-electron chi connectivity index (χ4n) is 11.0. The van der Waals surface area contributed by atoms with Crippen LogP contribution in [-0.2, 0) is 10.8 Å². The highest BCUT2D eigenvalue weighted by molar-refractivity contribution is 9.10. The summed E-state index contributed by atoms with van der Waals surface area (Å²) in [6.07, 6.45) is 10.3. The molecule has 10 rings (SSSR count). The van der Waals surface area contributed by atoms with E-state index in [1.165, 1.54) is 100 Å². The van der Waals surface area contributed by atoms with Crippen molar-refractivity contribution in [2.75, 3.05) is 11.9 Å². The Kier molecular flexibility index (Phi) is 18.1. The third-order valence-electron chi connectivity index (χ3n) is 15.0. The van der Waals surface area contributed by atoms with Crippen molar-refractivity contribution < 1.29 is 20.1 Å². The van der Waals surface area contributed by atoms with Crippen molar-refractivity contribution in [2.45, 2.75) is 89.9 Å². The highest BCUT2D eigenvalue weighted by Crippen LogP contribution is 2.58. The van der Waals surface area contributed by atoms with Gasteiger partial charge in [0.1, 0.15) is 23.0 Å². The van der Waals surface area contributed by atoms with E-state index in [1.54, 1.807) is 36.4 Å². The molecule has 0 saturated carbocycles. The van der Waals surface area contributed by atoms with Gasteiger partial charge in [0.25, 0.3) is 0 Å². The molecule has 8 aromatic carbocycles. The second-order valence-corrected chi connectivity index (χ2v) is 21.9. The van der Waals surface area contributed by atoms with Crippen LogP contribution in [0.15, 0.2) is 191 Å². The maximum absolute atomic E-state index is 10.1. The van der Waals surface area contributed by atoms with Crippen molar-refractivity contribution in [1.29, 1.82) is 0 Å². The van der Waals surface area contributed by atoms with E-state index in [-0.39, 0.29) is 17.2 Å². The van der Waals surface area contributed by atoms with Gasteiger partial charge < -0.3 is 20.1 Å². The molecule has 376 valence electrons. The molecule has 0 bridgehead atoms. The van der Waals surface area contributed by atoms with E-state index in [0.717, 1.165) is 50.3 Å². The lowest BCUT2D eigenvalue weighted by molar-refractivity contribution is 0.233. The second kappa shape index (κ2) is 24.6. The molecule has 7 heteroatoms. The Hall–Kier alpha value is -5.60. The normalized spacial score (nSPS) is 15.3. The number of ether oxygens (including phenoxy) is 1. The highest BCUT2D eigenvalue weighted by Gasteiger charge is 2.47. The van der Waals surface area contributed by atoms with Crippen molar-refractivity contribution in [1.82, 2.24) is 0 Å². The zero-order valence-corrected chi connectivity index (χ0v) is 47.2. The van der Waals surface area contributed by atoms with E-state index in [1.807, 2.05) is 36.4 Å². The predicted octanol–water partition coefficient (Wildman–Crippen LogP) is 18.9. The van der Waals surface area contributed by atoms with Crippen molar-refractivity contribution in [3.8, 4) is 45.3 Å². The Morgan fingerprint density at radius 3 is 1.15 bits per heavy atom. The third-order valence-corrected chi connectivity index (χ3v) is 16.9. The lowest BCUT2D eigenvalue weighted by Crippen LogP contribution is -2.28. The van der Waals surface area contributed by atoms with Gasteiger partial charge in [0.15, 0.2) is 0 Å². The molecule has 73 heavy (non-hydrogen) atoms. The summed E-state index contributed by atoms with van der Waals surface area (Å²) in [6.45, 7) is 9.77. The summed E-state index contributed by atoms with van der Waals surface area (Å²) in [6, 6.07) is 61.3. The first kappa shape index (κ1) is 53.7. The first-order valence-electron chi connectivity index (χ1n) is 26.0. The minimum Gasteiger partial charge on any atom is -0.508 e. The Bertz CT molecular complexity index is 3010. The van der Waals surface area contributed by atoms with Gasteiger partial charge in [-0.05, 0) is 164 Å². The van der Waals surface area contributed by atoms with E-state index < -0.39 is 10.8 Å². The maximum atomic E-state index is 10.1. The fourth-order valence-corrected chi connectivity index (χ4v) is 12.5. The van der Waals surface area contributed by atoms with Crippen LogP contribution < -0.4 is 4.74 Å². The number of fused-ring (bicyclic) bond motifs is 6. The van der Waals surface area contributed by atoms with Crippen LogP contribution in [0, 0.1) is 11.8 Å². The molecule has 0 fully saturated rings. The minimum atomic E-state index is -0.531. The fraction of sp³-hybridized carbons (Fsp3) is 0.273. The molecular formula is C66H67Br3O4. The van der Waals surface area contributed by atoms with Crippen LogP contribution in [0.25, 0.3) is 22.3 Å². The summed E-state index contributed by atoms with van der Waals surface area (Å²) < 4.78 is 8.31. The molecule has 3 atom stereocenters. The summed E-state index contributed by atoms with van der Waals surface area (Å²) in [5.74, 6) is 3.18. The molecule has 3 unspecified atom stereocenters. The van der Waals surface area contributed by atoms with Crippen LogP contribution in [0.3, 0.4) is 0 Å². The van der Waals surface area contributed by atoms with Gasteiger partial charge in [-0.15, -0.1) is 0 Å². The highest BCUT2D eigenvalue weighted by atomic mass is 79.9. The van der Waals surface area contributed by atoms with Crippen LogP contribution in [0.4, 0.5) is 0 Å². The van der Waals surface area contributed by atoms with E-state index in [0.29, 0.717) is 5.92 Å². The van der Waals surface area contributed by atoms with Crippen LogP contribution in [-0.4, -0.2) is 27.3 Å². The number of hydrogen-bond acceptors (Lipinski definition) is 4.